The molecule has 0 saturated heterocycles. The molecule has 0 aliphatic carbocycles. The van der Waals surface area contributed by atoms with Gasteiger partial charge in [0, 0.05) is 12.2 Å². The van der Waals surface area contributed by atoms with E-state index in [1.807, 2.05) is 68.4 Å². The van der Waals surface area contributed by atoms with Crippen molar-refractivity contribution in [1.29, 1.82) is 0 Å². The first kappa shape index (κ1) is 19.0. The first-order valence-corrected chi connectivity index (χ1v) is 9.52. The SMILES string of the molecule is CCN(C(=O)C(C)Sc1nnc(-c2ccccc2OC)o1)c1ccccc1. The minimum Gasteiger partial charge on any atom is -0.496 e. The van der Waals surface area contributed by atoms with Crippen molar-refractivity contribution < 1.29 is 13.9 Å². The highest BCUT2D eigenvalue weighted by molar-refractivity contribution is 8.00. The molecule has 0 radical (unpaired) electrons. The van der Waals surface area contributed by atoms with Crippen LogP contribution in [-0.2, 0) is 4.79 Å². The number of nitrogens with zero attached hydrogens (tertiary/aromatic N) is 3. The Kier molecular flexibility index (Phi) is 6.13. The number of ether oxygens (including phenoxy) is 1. The second kappa shape index (κ2) is 8.73. The fraction of sp³-hybridized carbons (Fsp3) is 0.250. The van der Waals surface area contributed by atoms with Gasteiger partial charge in [-0.1, -0.05) is 42.1 Å². The van der Waals surface area contributed by atoms with Crippen molar-refractivity contribution in [3.63, 3.8) is 0 Å². The van der Waals surface area contributed by atoms with Gasteiger partial charge in [0.15, 0.2) is 0 Å². The topological polar surface area (TPSA) is 68.5 Å². The summed E-state index contributed by atoms with van der Waals surface area (Å²) in [5.41, 5.74) is 1.59. The predicted octanol–water partition coefficient (Wildman–Crippen LogP) is 4.28. The van der Waals surface area contributed by atoms with Crippen LogP contribution in [-0.4, -0.2) is 35.0 Å². The number of thioether (sulfide) groups is 1. The second-order valence-corrected chi connectivity index (χ2v) is 7.04. The van der Waals surface area contributed by atoms with Crippen molar-refractivity contribution in [2.75, 3.05) is 18.6 Å². The van der Waals surface area contributed by atoms with Gasteiger partial charge < -0.3 is 14.1 Å². The molecule has 7 heteroatoms. The van der Waals surface area contributed by atoms with E-state index in [1.54, 1.807) is 12.0 Å². The minimum atomic E-state index is -0.365. The first-order valence-electron chi connectivity index (χ1n) is 8.64. The molecule has 27 heavy (non-hydrogen) atoms. The van der Waals surface area contributed by atoms with Gasteiger partial charge in [-0.05, 0) is 38.1 Å². The van der Waals surface area contributed by atoms with Crippen LogP contribution < -0.4 is 9.64 Å². The highest BCUT2D eigenvalue weighted by Gasteiger charge is 2.24. The molecule has 0 N–H and O–H groups in total. The van der Waals surface area contributed by atoms with Crippen LogP contribution in [0.25, 0.3) is 11.5 Å². The fourth-order valence-electron chi connectivity index (χ4n) is 2.68. The average molecular weight is 383 g/mol. The quantitative estimate of drug-likeness (QED) is 0.567. The van der Waals surface area contributed by atoms with E-state index >= 15 is 0 Å². The van der Waals surface area contributed by atoms with Crippen LogP contribution in [0.2, 0.25) is 0 Å². The Bertz CT molecular complexity index is 898. The summed E-state index contributed by atoms with van der Waals surface area (Å²) in [6.07, 6.45) is 0. The van der Waals surface area contributed by atoms with E-state index in [9.17, 15) is 4.79 Å². The van der Waals surface area contributed by atoms with E-state index in [0.717, 1.165) is 11.3 Å². The Labute approximate surface area is 162 Å². The molecule has 0 aliphatic heterocycles. The third-order valence-corrected chi connectivity index (χ3v) is 4.94. The van der Waals surface area contributed by atoms with Crippen LogP contribution in [0.15, 0.2) is 64.2 Å². The normalized spacial score (nSPS) is 11.8. The van der Waals surface area contributed by atoms with Crippen LogP contribution in [0.3, 0.4) is 0 Å². The summed E-state index contributed by atoms with van der Waals surface area (Å²) in [7, 11) is 1.59. The predicted molar refractivity (Wildman–Crippen MR) is 106 cm³/mol. The first-order chi connectivity index (χ1) is 13.1. The number of aromatic nitrogens is 2. The average Bonchev–Trinajstić information content (AvgIpc) is 3.17. The summed E-state index contributed by atoms with van der Waals surface area (Å²) in [5, 5.41) is 8.14. The lowest BCUT2D eigenvalue weighted by Gasteiger charge is -2.23. The zero-order valence-electron chi connectivity index (χ0n) is 15.5. The lowest BCUT2D eigenvalue weighted by Crippen LogP contribution is -2.36. The molecule has 1 heterocycles. The standard InChI is InChI=1S/C20H21N3O3S/c1-4-23(15-10-6-5-7-11-15)19(24)14(2)27-20-22-21-18(26-20)16-12-8-9-13-17(16)25-3/h5-14H,4H2,1-3H3. The maximum absolute atomic E-state index is 12.9. The van der Waals surface area contributed by atoms with Gasteiger partial charge in [0.1, 0.15) is 5.75 Å². The Morgan fingerprint density at radius 2 is 1.85 bits per heavy atom. The summed E-state index contributed by atoms with van der Waals surface area (Å²) in [5.74, 6) is 1.01. The number of hydrogen-bond acceptors (Lipinski definition) is 6. The number of methoxy groups -OCH3 is 1. The summed E-state index contributed by atoms with van der Waals surface area (Å²) in [4.78, 5) is 14.6. The van der Waals surface area contributed by atoms with Crippen LogP contribution in [0.4, 0.5) is 5.69 Å². The lowest BCUT2D eigenvalue weighted by molar-refractivity contribution is -0.117. The van der Waals surface area contributed by atoms with Gasteiger partial charge >= 0.3 is 0 Å². The highest BCUT2D eigenvalue weighted by atomic mass is 32.2. The van der Waals surface area contributed by atoms with E-state index in [1.165, 1.54) is 11.8 Å². The van der Waals surface area contributed by atoms with Crippen LogP contribution >= 0.6 is 11.8 Å². The third kappa shape index (κ3) is 4.31. The van der Waals surface area contributed by atoms with Crippen molar-refractivity contribution >= 4 is 23.4 Å². The smallest absolute Gasteiger partial charge is 0.277 e. The molecule has 1 amide bonds. The zero-order valence-corrected chi connectivity index (χ0v) is 16.3. The molecule has 1 atom stereocenters. The summed E-state index contributed by atoms with van der Waals surface area (Å²) < 4.78 is 11.1. The Morgan fingerprint density at radius 3 is 2.56 bits per heavy atom. The number of carbonyl (C=O) groups is 1. The number of rotatable bonds is 7. The highest BCUT2D eigenvalue weighted by Crippen LogP contribution is 2.32. The van der Waals surface area contributed by atoms with Gasteiger partial charge in [-0.2, -0.15) is 0 Å². The van der Waals surface area contributed by atoms with E-state index in [2.05, 4.69) is 10.2 Å². The van der Waals surface area contributed by atoms with Crippen molar-refractivity contribution in [1.82, 2.24) is 10.2 Å². The van der Waals surface area contributed by atoms with Crippen molar-refractivity contribution in [3.05, 3.63) is 54.6 Å². The van der Waals surface area contributed by atoms with E-state index in [4.69, 9.17) is 9.15 Å². The number of benzene rings is 2. The second-order valence-electron chi connectivity index (χ2n) is 5.75. The molecular weight excluding hydrogens is 362 g/mol. The third-order valence-electron chi connectivity index (χ3n) is 4.02. The van der Waals surface area contributed by atoms with Gasteiger partial charge in [-0.25, -0.2) is 0 Å². The number of carbonyl (C=O) groups excluding carboxylic acids is 1. The molecule has 0 saturated carbocycles. The van der Waals surface area contributed by atoms with E-state index in [-0.39, 0.29) is 11.2 Å². The lowest BCUT2D eigenvalue weighted by atomic mass is 10.2. The number of anilines is 1. The minimum absolute atomic E-state index is 0.00857. The van der Waals surface area contributed by atoms with Gasteiger partial charge in [0.05, 0.1) is 17.9 Å². The number of amides is 1. The largest absolute Gasteiger partial charge is 0.496 e. The van der Waals surface area contributed by atoms with E-state index < -0.39 is 0 Å². The molecule has 1 aromatic heterocycles. The van der Waals surface area contributed by atoms with Crippen molar-refractivity contribution in [2.45, 2.75) is 24.3 Å². The monoisotopic (exact) mass is 383 g/mol. The van der Waals surface area contributed by atoms with Crippen LogP contribution in [0, 0.1) is 0 Å². The maximum atomic E-state index is 12.9. The van der Waals surface area contributed by atoms with Gasteiger partial charge in [-0.15, -0.1) is 10.2 Å². The van der Waals surface area contributed by atoms with Crippen LogP contribution in [0.5, 0.6) is 5.75 Å². The maximum Gasteiger partial charge on any atom is 0.277 e. The van der Waals surface area contributed by atoms with Crippen LogP contribution in [0.1, 0.15) is 13.8 Å². The molecule has 3 rings (SSSR count). The molecule has 0 spiro atoms. The molecule has 6 nitrogen and oxygen atoms in total. The Hall–Kier alpha value is -2.80. The molecule has 3 aromatic rings. The zero-order chi connectivity index (χ0) is 19.2. The summed E-state index contributed by atoms with van der Waals surface area (Å²) in [6.45, 7) is 4.38. The molecule has 0 bridgehead atoms. The summed E-state index contributed by atoms with van der Waals surface area (Å²) >= 11 is 1.25. The molecule has 1 unspecified atom stereocenters. The van der Waals surface area contributed by atoms with Crippen molar-refractivity contribution in [2.24, 2.45) is 0 Å². The number of para-hydroxylation sites is 2. The number of hydrogen-bond donors (Lipinski definition) is 0. The Balaban J connectivity index is 1.74. The molecular formula is C20H21N3O3S. The van der Waals surface area contributed by atoms with Gasteiger partial charge in [0.2, 0.25) is 5.91 Å². The van der Waals surface area contributed by atoms with E-state index in [0.29, 0.717) is 23.4 Å². The fourth-order valence-corrected chi connectivity index (χ4v) is 3.43. The molecule has 0 aliphatic rings. The summed E-state index contributed by atoms with van der Waals surface area (Å²) in [6, 6.07) is 17.0. The van der Waals surface area contributed by atoms with Gasteiger partial charge in [-0.3, -0.25) is 4.79 Å². The Morgan fingerprint density at radius 1 is 1.15 bits per heavy atom. The van der Waals surface area contributed by atoms with Gasteiger partial charge in [0.25, 0.3) is 11.1 Å². The molecule has 0 fully saturated rings. The molecule has 2 aromatic carbocycles. The molecule has 140 valence electrons. The van der Waals surface area contributed by atoms with Crippen molar-refractivity contribution in [3.8, 4) is 17.2 Å².